The van der Waals surface area contributed by atoms with E-state index in [0.717, 1.165) is 13.0 Å². The van der Waals surface area contributed by atoms with Crippen molar-refractivity contribution in [2.45, 2.75) is 54.4 Å². The van der Waals surface area contributed by atoms with Crippen LogP contribution in [0.1, 0.15) is 54.4 Å². The average Bonchev–Trinajstić information content (AvgIpc) is 2.49. The van der Waals surface area contributed by atoms with Gasteiger partial charge in [0.1, 0.15) is 5.78 Å². The van der Waals surface area contributed by atoms with Gasteiger partial charge >= 0.3 is 11.9 Å². The number of nitrogens with zero attached hydrogens (tertiary/aromatic N) is 1. The van der Waals surface area contributed by atoms with Crippen LogP contribution in [0.4, 0.5) is 0 Å². The van der Waals surface area contributed by atoms with Gasteiger partial charge in [-0.2, -0.15) is 0 Å². The van der Waals surface area contributed by atoms with Crippen LogP contribution >= 0.6 is 0 Å². The normalized spacial score (nSPS) is 7.70. The molecule has 0 aromatic heterocycles. The van der Waals surface area contributed by atoms with Crippen molar-refractivity contribution in [1.82, 2.24) is 4.90 Å². The summed E-state index contributed by atoms with van der Waals surface area (Å²) in [6.07, 6.45) is 1.70. The van der Waals surface area contributed by atoms with Crippen LogP contribution in [0.2, 0.25) is 0 Å². The molecule has 0 heterocycles. The third-order valence-corrected chi connectivity index (χ3v) is 2.17. The van der Waals surface area contributed by atoms with Crippen LogP contribution in [-0.2, 0) is 28.7 Å². The van der Waals surface area contributed by atoms with E-state index >= 15 is 0 Å². The molecule has 0 N–H and O–H groups in total. The molecular weight excluding hydrogens is 302 g/mol. The second-order valence-electron chi connectivity index (χ2n) is 4.39. The predicted molar refractivity (Wildman–Crippen MR) is 90.0 cm³/mol. The fourth-order valence-corrected chi connectivity index (χ4v) is 0.493. The average molecular weight is 335 g/mol. The summed E-state index contributed by atoms with van der Waals surface area (Å²) in [7, 11) is 4.51. The number of hydrogen-bond donors (Lipinski definition) is 0. The number of ether oxygens (including phenoxy) is 2. The summed E-state index contributed by atoms with van der Waals surface area (Å²) in [4.78, 5) is 41.2. The van der Waals surface area contributed by atoms with E-state index in [1.807, 2.05) is 14.0 Å². The highest BCUT2D eigenvalue weighted by molar-refractivity contribution is 5.74. The number of amides is 1. The molecule has 0 aromatic carbocycles. The molecule has 0 aliphatic rings. The molecule has 138 valence electrons. The molecule has 23 heavy (non-hydrogen) atoms. The largest absolute Gasteiger partial charge is 0.469 e. The first-order chi connectivity index (χ1) is 10.5. The van der Waals surface area contributed by atoms with Crippen molar-refractivity contribution in [2.24, 2.45) is 0 Å². The molecule has 0 bridgehead atoms. The third kappa shape index (κ3) is 53.5. The number of methoxy groups -OCH3 is 2. The standard InChI is InChI=1S/C6H13NO.C4H8O.2C3H6O2/c1-4-5-7(3)6(2)8;1-3-4(2)5;2*1-3(4)5-2/h4-5H2,1-3H3;3H2,1-2H3;2*1-2H3. The molecule has 0 atom stereocenters. The summed E-state index contributed by atoms with van der Waals surface area (Å²) in [5.74, 6) is -0.0909. The Bertz CT molecular complexity index is 295. The highest BCUT2D eigenvalue weighted by Gasteiger charge is 1.96. The first-order valence-corrected chi connectivity index (χ1v) is 7.30. The van der Waals surface area contributed by atoms with Crippen LogP contribution in [0.15, 0.2) is 0 Å². The smallest absolute Gasteiger partial charge is 0.302 e. The minimum Gasteiger partial charge on any atom is -0.469 e. The van der Waals surface area contributed by atoms with Crippen molar-refractivity contribution in [2.75, 3.05) is 27.8 Å². The zero-order valence-corrected chi connectivity index (χ0v) is 16.0. The molecule has 0 aromatic rings. The minimum absolute atomic E-state index is 0.145. The molecular formula is C16H33NO6. The second-order valence-corrected chi connectivity index (χ2v) is 4.39. The molecule has 1 amide bonds. The van der Waals surface area contributed by atoms with Crippen molar-refractivity contribution in [3.8, 4) is 0 Å². The van der Waals surface area contributed by atoms with Crippen molar-refractivity contribution in [1.29, 1.82) is 0 Å². The Kier molecular flexibility index (Phi) is 28.3. The van der Waals surface area contributed by atoms with E-state index < -0.39 is 0 Å². The van der Waals surface area contributed by atoms with Crippen molar-refractivity contribution >= 4 is 23.6 Å². The molecule has 0 saturated carbocycles. The van der Waals surface area contributed by atoms with E-state index in [0.29, 0.717) is 6.42 Å². The van der Waals surface area contributed by atoms with Crippen LogP contribution < -0.4 is 0 Å². The zero-order valence-electron chi connectivity index (χ0n) is 16.0. The lowest BCUT2D eigenvalue weighted by Gasteiger charge is -2.11. The summed E-state index contributed by atoms with van der Waals surface area (Å²) in [6, 6.07) is 0. The maximum atomic E-state index is 10.5. The maximum Gasteiger partial charge on any atom is 0.302 e. The summed E-state index contributed by atoms with van der Waals surface area (Å²) in [5, 5.41) is 0. The van der Waals surface area contributed by atoms with Gasteiger partial charge in [-0.3, -0.25) is 14.4 Å². The Hall–Kier alpha value is -1.92. The molecule has 0 aliphatic carbocycles. The van der Waals surface area contributed by atoms with Crippen LogP contribution in [0, 0.1) is 0 Å². The first-order valence-electron chi connectivity index (χ1n) is 7.30. The molecule has 7 heteroatoms. The molecule has 0 aliphatic heterocycles. The fourth-order valence-electron chi connectivity index (χ4n) is 0.493. The van der Waals surface area contributed by atoms with Gasteiger partial charge in [0.05, 0.1) is 14.2 Å². The van der Waals surface area contributed by atoms with Gasteiger partial charge in [-0.25, -0.2) is 0 Å². The molecule has 0 spiro atoms. The van der Waals surface area contributed by atoms with Crippen LogP contribution in [-0.4, -0.2) is 56.3 Å². The molecule has 7 nitrogen and oxygen atoms in total. The van der Waals surface area contributed by atoms with Gasteiger partial charge in [0.2, 0.25) is 5.91 Å². The van der Waals surface area contributed by atoms with E-state index in [2.05, 4.69) is 16.4 Å². The number of rotatable bonds is 3. The second kappa shape index (κ2) is 22.4. The number of carbonyl (C=O) groups excluding carboxylic acids is 4. The number of ketones is 1. The Labute approximate surface area is 140 Å². The lowest BCUT2D eigenvalue weighted by atomic mass is 10.4. The summed E-state index contributed by atoms with van der Waals surface area (Å²) in [6.45, 7) is 10.7. The van der Waals surface area contributed by atoms with Crippen LogP contribution in [0.5, 0.6) is 0 Å². The van der Waals surface area contributed by atoms with E-state index in [-0.39, 0.29) is 23.6 Å². The number of hydrogen-bond acceptors (Lipinski definition) is 6. The summed E-state index contributed by atoms with van der Waals surface area (Å²) < 4.78 is 8.22. The molecule has 0 rings (SSSR count). The molecule has 0 saturated heterocycles. The van der Waals surface area contributed by atoms with E-state index in [1.165, 1.54) is 28.1 Å². The van der Waals surface area contributed by atoms with E-state index in [9.17, 15) is 19.2 Å². The number of esters is 2. The number of carbonyl (C=O) groups is 4. The highest BCUT2D eigenvalue weighted by Crippen LogP contribution is 1.84. The lowest BCUT2D eigenvalue weighted by Crippen LogP contribution is -2.24. The SMILES string of the molecule is CCC(C)=O.CCCN(C)C(C)=O.COC(C)=O.COC(C)=O. The zero-order chi connectivity index (χ0) is 19.4. The quantitative estimate of drug-likeness (QED) is 0.735. The molecule has 0 unspecified atom stereocenters. The topological polar surface area (TPSA) is 90.0 Å². The fraction of sp³-hybridized carbons (Fsp3) is 0.750. The van der Waals surface area contributed by atoms with Gasteiger partial charge in [0, 0.05) is 40.8 Å². The van der Waals surface area contributed by atoms with Gasteiger partial charge in [-0.1, -0.05) is 13.8 Å². The number of Topliss-reactive ketones (excluding diaryl/α,β-unsaturated/α-hetero) is 1. The van der Waals surface area contributed by atoms with Crippen molar-refractivity contribution in [3.05, 3.63) is 0 Å². The summed E-state index contributed by atoms with van der Waals surface area (Å²) >= 11 is 0. The summed E-state index contributed by atoms with van der Waals surface area (Å²) in [5.41, 5.74) is 0. The monoisotopic (exact) mass is 335 g/mol. The van der Waals surface area contributed by atoms with Gasteiger partial charge in [0.15, 0.2) is 0 Å². The van der Waals surface area contributed by atoms with Gasteiger partial charge in [-0.05, 0) is 13.3 Å². The van der Waals surface area contributed by atoms with E-state index in [4.69, 9.17) is 0 Å². The third-order valence-electron chi connectivity index (χ3n) is 2.17. The predicted octanol–water partition coefficient (Wildman–Crippen LogP) is 2.22. The van der Waals surface area contributed by atoms with Crippen LogP contribution in [0.25, 0.3) is 0 Å². The van der Waals surface area contributed by atoms with Gasteiger partial charge in [0.25, 0.3) is 0 Å². The molecule has 0 radical (unpaired) electrons. The Balaban J connectivity index is -0.000000108. The van der Waals surface area contributed by atoms with Crippen molar-refractivity contribution < 1.29 is 28.7 Å². The van der Waals surface area contributed by atoms with Crippen molar-refractivity contribution in [3.63, 3.8) is 0 Å². The Morgan fingerprint density at radius 1 is 0.826 bits per heavy atom. The minimum atomic E-state index is -0.245. The van der Waals surface area contributed by atoms with Gasteiger partial charge in [-0.15, -0.1) is 0 Å². The Morgan fingerprint density at radius 2 is 1.09 bits per heavy atom. The highest BCUT2D eigenvalue weighted by atomic mass is 16.5. The van der Waals surface area contributed by atoms with E-state index in [1.54, 1.807) is 18.7 Å². The van der Waals surface area contributed by atoms with Crippen LogP contribution in [0.3, 0.4) is 0 Å². The Morgan fingerprint density at radius 3 is 1.13 bits per heavy atom. The molecule has 0 fully saturated rings. The van der Waals surface area contributed by atoms with Gasteiger partial charge < -0.3 is 19.2 Å². The maximum absolute atomic E-state index is 10.5. The lowest BCUT2D eigenvalue weighted by molar-refractivity contribution is -0.138. The first kappa shape index (κ1) is 29.1.